The first-order chi connectivity index (χ1) is 13.5. The summed E-state index contributed by atoms with van der Waals surface area (Å²) in [7, 11) is -17.6. The van der Waals surface area contributed by atoms with Crippen molar-refractivity contribution < 1.29 is 76.0 Å². The number of ether oxygens (including phenoxy) is 1. The normalized spacial score (nSPS) is 36.2. The van der Waals surface area contributed by atoms with Crippen LogP contribution in [0.2, 0.25) is 0 Å². The number of nitrogens with two attached hydrogens (primary N) is 1. The molecule has 172 valence electrons. The number of carbonyl (C=O) groups is 1. The Balaban J connectivity index is 2.42. The SMILES string of the molecule is NC1=NC(=O)[N+](OP(=O)(O)OP(=O)(O)OP(=O)(O)O)([C@@H]2O[C@H](CO)[C@@H](O)[C@H]2O)C=C1. The van der Waals surface area contributed by atoms with E-state index in [1.54, 1.807) is 0 Å². The number of aliphatic hydroxyl groups excluding tert-OH is 3. The second kappa shape index (κ2) is 8.55. The Morgan fingerprint density at radius 1 is 1.10 bits per heavy atom. The molecule has 18 nitrogen and oxygen atoms in total. The van der Waals surface area contributed by atoms with Crippen molar-refractivity contribution >= 4 is 35.3 Å². The van der Waals surface area contributed by atoms with E-state index in [0.717, 1.165) is 6.08 Å². The van der Waals surface area contributed by atoms with Gasteiger partial charge in [-0.2, -0.15) is 8.62 Å². The maximum absolute atomic E-state index is 12.5. The molecule has 0 aromatic carbocycles. The molecule has 30 heavy (non-hydrogen) atoms. The number of phosphoric acid groups is 3. The largest absolute Gasteiger partial charge is 0.528 e. The van der Waals surface area contributed by atoms with Crippen LogP contribution in [0, 0.1) is 0 Å². The van der Waals surface area contributed by atoms with Crippen molar-refractivity contribution in [2.24, 2.45) is 10.7 Å². The quantitative estimate of drug-likeness (QED) is 0.126. The van der Waals surface area contributed by atoms with E-state index in [0.29, 0.717) is 6.20 Å². The number of amidine groups is 1. The fourth-order valence-electron chi connectivity index (χ4n) is 2.44. The van der Waals surface area contributed by atoms with Crippen LogP contribution in [-0.4, -0.2) is 82.6 Å². The van der Waals surface area contributed by atoms with Crippen LogP contribution in [0.5, 0.6) is 0 Å². The van der Waals surface area contributed by atoms with Crippen molar-refractivity contribution in [3.8, 4) is 0 Å². The molecule has 7 atom stereocenters. The molecule has 0 radical (unpaired) electrons. The Morgan fingerprint density at radius 3 is 2.17 bits per heavy atom. The molecular weight excluding hydrogens is 483 g/mol. The van der Waals surface area contributed by atoms with Crippen LogP contribution in [0.1, 0.15) is 0 Å². The molecule has 3 unspecified atom stereocenters. The number of amides is 2. The Labute approximate surface area is 166 Å². The van der Waals surface area contributed by atoms with E-state index in [1.165, 1.54) is 0 Å². The summed E-state index contributed by atoms with van der Waals surface area (Å²) in [4.78, 5) is 51.8. The summed E-state index contributed by atoms with van der Waals surface area (Å²) in [5.74, 6) is -0.435. The first-order valence-corrected chi connectivity index (χ1v) is 12.0. The lowest BCUT2D eigenvalue weighted by atomic mass is 10.1. The minimum Gasteiger partial charge on any atom is -0.394 e. The number of carbonyl (C=O) groups excluding carboxylic acids is 1. The molecule has 2 rings (SSSR count). The predicted octanol–water partition coefficient (Wildman–Crippen LogP) is -2.50. The molecule has 2 aliphatic heterocycles. The molecule has 0 saturated carbocycles. The number of aliphatic imine (C=N–C) groups is 1. The Bertz CT molecular complexity index is 901. The third-order valence-electron chi connectivity index (χ3n) is 3.54. The van der Waals surface area contributed by atoms with Crippen LogP contribution in [0.25, 0.3) is 0 Å². The minimum atomic E-state index is -5.94. The maximum atomic E-state index is 12.5. The third-order valence-corrected chi connectivity index (χ3v) is 7.34. The monoisotopic (exact) mass is 500 g/mol. The number of aliphatic hydroxyl groups is 3. The lowest BCUT2D eigenvalue weighted by Crippen LogP contribution is -2.59. The van der Waals surface area contributed by atoms with Gasteiger partial charge in [-0.05, 0) is 4.65 Å². The fraction of sp³-hybridized carbons (Fsp3) is 0.556. The highest BCUT2D eigenvalue weighted by molar-refractivity contribution is 7.66. The number of hydroxylamine groups is 3. The number of nitrogens with zero attached hydrogens (tertiary/aromatic N) is 2. The van der Waals surface area contributed by atoms with Gasteiger partial charge < -0.3 is 40.5 Å². The van der Waals surface area contributed by atoms with Crippen molar-refractivity contribution in [1.29, 1.82) is 0 Å². The summed E-state index contributed by atoms with van der Waals surface area (Å²) in [6.07, 6.45) is -6.00. The number of rotatable bonds is 8. The fourth-order valence-corrected chi connectivity index (χ4v) is 5.63. The van der Waals surface area contributed by atoms with Gasteiger partial charge in [0.1, 0.15) is 24.2 Å². The second-order valence-electron chi connectivity index (χ2n) is 5.75. The molecular formula is C9H17N3O15P3+. The molecule has 9 N–H and O–H groups in total. The van der Waals surface area contributed by atoms with E-state index < -0.39 is 71.1 Å². The minimum absolute atomic E-state index is 0.435. The van der Waals surface area contributed by atoms with E-state index in [2.05, 4.69) is 18.2 Å². The molecule has 0 spiro atoms. The highest BCUT2D eigenvalue weighted by atomic mass is 31.3. The van der Waals surface area contributed by atoms with Crippen LogP contribution in [0.4, 0.5) is 4.79 Å². The van der Waals surface area contributed by atoms with Crippen LogP contribution in [0.3, 0.4) is 0 Å². The average Bonchev–Trinajstić information content (AvgIpc) is 2.82. The highest BCUT2D eigenvalue weighted by Crippen LogP contribution is 2.67. The Morgan fingerprint density at radius 2 is 1.70 bits per heavy atom. The summed E-state index contributed by atoms with van der Waals surface area (Å²) in [5, 5.41) is 29.2. The van der Waals surface area contributed by atoms with Crippen molar-refractivity contribution in [3.05, 3.63) is 12.3 Å². The van der Waals surface area contributed by atoms with Crippen molar-refractivity contribution in [2.75, 3.05) is 6.61 Å². The zero-order valence-corrected chi connectivity index (χ0v) is 17.1. The number of quaternary nitrogens is 1. The molecule has 0 aromatic heterocycles. The molecule has 0 bridgehead atoms. The highest BCUT2D eigenvalue weighted by Gasteiger charge is 2.63. The molecule has 1 fully saturated rings. The van der Waals surface area contributed by atoms with Crippen LogP contribution >= 0.6 is 23.5 Å². The number of urea groups is 1. The first-order valence-electron chi connectivity index (χ1n) is 7.46. The number of hydrogen-bond acceptors (Lipinski definition) is 12. The van der Waals surface area contributed by atoms with Crippen molar-refractivity contribution in [3.63, 3.8) is 0 Å². The number of hydrogen-bond donors (Lipinski definition) is 8. The van der Waals surface area contributed by atoms with Crippen molar-refractivity contribution in [2.45, 2.75) is 24.5 Å². The van der Waals surface area contributed by atoms with Crippen LogP contribution in [-0.2, 0) is 31.7 Å². The van der Waals surface area contributed by atoms with Crippen LogP contribution < -0.4 is 5.73 Å². The Kier molecular flexibility index (Phi) is 7.23. The predicted molar refractivity (Wildman–Crippen MR) is 89.1 cm³/mol. The molecule has 1 saturated heterocycles. The Hall–Kier alpha value is -0.910. The molecule has 2 heterocycles. The van der Waals surface area contributed by atoms with Crippen LogP contribution in [0.15, 0.2) is 17.3 Å². The van der Waals surface area contributed by atoms with Gasteiger partial charge in [-0.3, -0.25) is 4.89 Å². The maximum Gasteiger partial charge on any atom is 0.528 e. The molecule has 2 amide bonds. The zero-order valence-electron chi connectivity index (χ0n) is 14.4. The average molecular weight is 500 g/mol. The van der Waals surface area contributed by atoms with Gasteiger partial charge >= 0.3 is 29.5 Å². The van der Waals surface area contributed by atoms with Gasteiger partial charge in [0.15, 0.2) is 6.10 Å². The van der Waals surface area contributed by atoms with E-state index in [1.807, 2.05) is 0 Å². The summed E-state index contributed by atoms with van der Waals surface area (Å²) >= 11 is 0. The van der Waals surface area contributed by atoms with E-state index in [9.17, 15) is 43.6 Å². The van der Waals surface area contributed by atoms with Crippen molar-refractivity contribution in [1.82, 2.24) is 0 Å². The van der Waals surface area contributed by atoms with E-state index >= 15 is 0 Å². The molecule has 0 aromatic rings. The summed E-state index contributed by atoms with van der Waals surface area (Å²) < 4.78 is 49.2. The van der Waals surface area contributed by atoms with Gasteiger partial charge in [0.05, 0.1) is 6.61 Å². The lowest BCUT2D eigenvalue weighted by molar-refractivity contribution is -1.01. The molecule has 0 aliphatic carbocycles. The zero-order chi connectivity index (χ0) is 23.1. The second-order valence-corrected chi connectivity index (χ2v) is 10.1. The smallest absolute Gasteiger partial charge is 0.394 e. The summed E-state index contributed by atoms with van der Waals surface area (Å²) in [5.41, 5.74) is 5.33. The van der Waals surface area contributed by atoms with E-state index in [-0.39, 0.29) is 0 Å². The topological polar surface area (TPSA) is 285 Å². The summed E-state index contributed by atoms with van der Waals surface area (Å²) in [6.45, 7) is -0.868. The van der Waals surface area contributed by atoms with Gasteiger partial charge in [0, 0.05) is 6.08 Å². The first kappa shape index (κ1) is 25.4. The molecule has 21 heteroatoms. The van der Waals surface area contributed by atoms with E-state index in [4.69, 9.17) is 20.3 Å². The molecule has 2 aliphatic rings. The standard InChI is InChI=1S/C9H16N3O15P3/c10-5-1-2-12(9(16)11-5,8-7(15)6(14)4(3-13)24-8)25-29(20,21)27-30(22,23)26-28(17,18)19/h1-2,4,6-8,13-15H,3H2,(H5-,10,11,16,17,18,19,20,21,22,23)/p+1/t4-,6-,7-,8-,12?/m1/s1. The third kappa shape index (κ3) is 5.66. The van der Waals surface area contributed by atoms with Gasteiger partial charge in [0.25, 0.3) is 6.23 Å². The van der Waals surface area contributed by atoms with Gasteiger partial charge in [-0.25, -0.2) is 18.5 Å². The lowest BCUT2D eigenvalue weighted by Gasteiger charge is -2.34. The van der Waals surface area contributed by atoms with Gasteiger partial charge in [-0.1, -0.05) is 4.62 Å². The summed E-state index contributed by atoms with van der Waals surface area (Å²) in [6, 6.07) is -1.55. The van der Waals surface area contributed by atoms with Gasteiger partial charge in [-0.15, -0.1) is 4.99 Å². The van der Waals surface area contributed by atoms with Gasteiger partial charge in [0.2, 0.25) is 0 Å².